The van der Waals surface area contributed by atoms with Crippen LogP contribution in [0.2, 0.25) is 0 Å². The maximum atomic E-state index is 6.68. The zero-order valence-corrected chi connectivity index (χ0v) is 27.2. The summed E-state index contributed by atoms with van der Waals surface area (Å²) in [6.45, 7) is 0. The van der Waals surface area contributed by atoms with E-state index in [1.54, 1.807) is 11.3 Å². The molecule has 1 aliphatic rings. The lowest BCUT2D eigenvalue weighted by Crippen LogP contribution is -2.34. The minimum atomic E-state index is -0.622. The Morgan fingerprint density at radius 1 is 0.490 bits per heavy atom. The third-order valence-corrected chi connectivity index (χ3v) is 11.0. The predicted octanol–water partition coefficient (Wildman–Crippen LogP) is 11.8. The Hall–Kier alpha value is -6.10. The first-order valence-electron chi connectivity index (χ1n) is 16.5. The average Bonchev–Trinajstić information content (AvgIpc) is 3.55. The highest BCUT2D eigenvalue weighted by atomic mass is 32.1. The summed E-state index contributed by atoms with van der Waals surface area (Å²) in [6, 6.07) is 60.0. The van der Waals surface area contributed by atoms with Gasteiger partial charge in [-0.1, -0.05) is 133 Å². The fourth-order valence-electron chi connectivity index (χ4n) is 7.60. The molecule has 3 heterocycles. The Kier molecular flexibility index (Phi) is 6.27. The van der Waals surface area contributed by atoms with Crippen molar-refractivity contribution in [3.05, 3.63) is 192 Å². The first kappa shape index (κ1) is 28.0. The second-order valence-corrected chi connectivity index (χ2v) is 13.6. The highest BCUT2D eigenvalue weighted by molar-refractivity contribution is 7.26. The van der Waals surface area contributed by atoms with Crippen LogP contribution in [0.5, 0.6) is 11.5 Å². The lowest BCUT2D eigenvalue weighted by Gasteiger charge is -2.41. The van der Waals surface area contributed by atoms with Crippen LogP contribution in [0.4, 0.5) is 0 Å². The Morgan fingerprint density at radius 2 is 1.14 bits per heavy atom. The summed E-state index contributed by atoms with van der Waals surface area (Å²) in [5, 5.41) is 3.54. The Morgan fingerprint density at radius 3 is 1.96 bits per heavy atom. The van der Waals surface area contributed by atoms with E-state index >= 15 is 0 Å². The van der Waals surface area contributed by atoms with E-state index in [0.717, 1.165) is 55.0 Å². The van der Waals surface area contributed by atoms with Crippen molar-refractivity contribution in [2.24, 2.45) is 0 Å². The number of hydrogen-bond acceptors (Lipinski definition) is 4. The van der Waals surface area contributed by atoms with Gasteiger partial charge in [0.05, 0.1) is 21.3 Å². The van der Waals surface area contributed by atoms with Gasteiger partial charge in [0.25, 0.3) is 0 Å². The number of ether oxygens (including phenoxy) is 1. The largest absolute Gasteiger partial charge is 0.457 e. The number of fused-ring (bicyclic) bond motifs is 6. The van der Waals surface area contributed by atoms with Crippen molar-refractivity contribution in [2.45, 2.75) is 5.41 Å². The molecule has 0 unspecified atom stereocenters. The Labute approximate surface area is 287 Å². The van der Waals surface area contributed by atoms with Crippen molar-refractivity contribution in [3.63, 3.8) is 0 Å². The normalized spacial score (nSPS) is 13.2. The molecule has 4 heteroatoms. The fourth-order valence-corrected chi connectivity index (χ4v) is 8.75. The number of para-hydroxylation sites is 1. The standard InChI is InChI=1S/C45H28N2OS/c1-3-15-33(16-4-1)45(34-17-5-2-6-18-34)36-20-10-11-21-38(36)48-39-26-25-32(28-37(39)45)44-46-41(31-24-23-29-13-7-8-14-30(29)27-31)43-42(47-44)35-19-9-12-22-40(35)49-43/h1-28H. The second kappa shape index (κ2) is 11.0. The number of rotatable bonds is 4. The fraction of sp³-hybridized carbons (Fsp3) is 0.0222. The van der Waals surface area contributed by atoms with Crippen LogP contribution in [0.15, 0.2) is 170 Å². The first-order chi connectivity index (χ1) is 24.3. The molecule has 10 rings (SSSR count). The molecule has 1 aliphatic heterocycles. The minimum absolute atomic E-state index is 0.622. The zero-order chi connectivity index (χ0) is 32.4. The third-order valence-electron chi connectivity index (χ3n) is 9.81. The summed E-state index contributed by atoms with van der Waals surface area (Å²) in [6.07, 6.45) is 0. The van der Waals surface area contributed by atoms with E-state index in [2.05, 4.69) is 164 Å². The molecule has 0 saturated carbocycles. The zero-order valence-electron chi connectivity index (χ0n) is 26.4. The molecule has 0 fully saturated rings. The molecule has 9 aromatic rings. The van der Waals surface area contributed by atoms with Gasteiger partial charge in [-0.3, -0.25) is 0 Å². The highest BCUT2D eigenvalue weighted by Crippen LogP contribution is 2.55. The van der Waals surface area contributed by atoms with Gasteiger partial charge in [0.2, 0.25) is 0 Å². The van der Waals surface area contributed by atoms with Crippen LogP contribution in [0, 0.1) is 0 Å². The highest BCUT2D eigenvalue weighted by Gasteiger charge is 2.45. The molecule has 0 aliphatic carbocycles. The van der Waals surface area contributed by atoms with E-state index in [1.807, 2.05) is 6.07 Å². The van der Waals surface area contributed by atoms with Gasteiger partial charge in [-0.2, -0.15) is 0 Å². The monoisotopic (exact) mass is 644 g/mol. The van der Waals surface area contributed by atoms with Crippen molar-refractivity contribution in [1.29, 1.82) is 0 Å². The Balaban J connectivity index is 1.26. The van der Waals surface area contributed by atoms with Gasteiger partial charge in [-0.15, -0.1) is 11.3 Å². The molecule has 230 valence electrons. The topological polar surface area (TPSA) is 35.0 Å². The van der Waals surface area contributed by atoms with Gasteiger partial charge in [0.15, 0.2) is 5.82 Å². The van der Waals surface area contributed by atoms with E-state index in [4.69, 9.17) is 14.7 Å². The quantitative estimate of drug-likeness (QED) is 0.191. The van der Waals surface area contributed by atoms with Gasteiger partial charge >= 0.3 is 0 Å². The number of hydrogen-bond donors (Lipinski definition) is 0. The molecule has 0 spiro atoms. The predicted molar refractivity (Wildman–Crippen MR) is 202 cm³/mol. The van der Waals surface area contributed by atoms with Crippen molar-refractivity contribution in [2.75, 3.05) is 0 Å². The lowest BCUT2D eigenvalue weighted by atomic mass is 9.63. The first-order valence-corrected chi connectivity index (χ1v) is 17.3. The minimum Gasteiger partial charge on any atom is -0.457 e. The van der Waals surface area contributed by atoms with Crippen LogP contribution >= 0.6 is 11.3 Å². The molecule has 0 radical (unpaired) electrons. The Bertz CT molecular complexity index is 2660. The van der Waals surface area contributed by atoms with E-state index in [-0.39, 0.29) is 0 Å². The van der Waals surface area contributed by atoms with Gasteiger partial charge in [0, 0.05) is 32.3 Å². The summed E-state index contributed by atoms with van der Waals surface area (Å²) >= 11 is 1.76. The molecule has 0 atom stereocenters. The van der Waals surface area contributed by atoms with Gasteiger partial charge in [-0.25, -0.2) is 9.97 Å². The average molecular weight is 645 g/mol. The maximum Gasteiger partial charge on any atom is 0.160 e. The summed E-state index contributed by atoms with van der Waals surface area (Å²) in [5.74, 6) is 2.37. The van der Waals surface area contributed by atoms with Crippen LogP contribution in [0.3, 0.4) is 0 Å². The molecule has 3 nitrogen and oxygen atoms in total. The summed E-state index contributed by atoms with van der Waals surface area (Å²) < 4.78 is 8.97. The molecule has 0 amide bonds. The number of thiophene rings is 1. The van der Waals surface area contributed by atoms with E-state index in [9.17, 15) is 0 Å². The van der Waals surface area contributed by atoms with Crippen molar-refractivity contribution >= 4 is 42.4 Å². The summed E-state index contributed by atoms with van der Waals surface area (Å²) in [5.41, 5.74) is 7.84. The summed E-state index contributed by atoms with van der Waals surface area (Å²) in [4.78, 5) is 10.7. The molecule has 7 aromatic carbocycles. The lowest BCUT2D eigenvalue weighted by molar-refractivity contribution is 0.434. The molecule has 0 N–H and O–H groups in total. The van der Waals surface area contributed by atoms with Crippen LogP contribution in [0.25, 0.3) is 53.7 Å². The number of benzene rings is 7. The SMILES string of the molecule is c1ccc(C2(c3ccccc3)c3ccccc3Oc3ccc(-c4nc(-c5ccc6ccccc6c5)c5sc6ccccc6c5n4)cc32)cc1. The molecule has 0 saturated heterocycles. The molecule has 0 bridgehead atoms. The maximum absolute atomic E-state index is 6.68. The van der Waals surface area contributed by atoms with Gasteiger partial charge in [-0.05, 0) is 58.3 Å². The van der Waals surface area contributed by atoms with Crippen molar-refractivity contribution in [1.82, 2.24) is 9.97 Å². The summed E-state index contributed by atoms with van der Waals surface area (Å²) in [7, 11) is 0. The van der Waals surface area contributed by atoms with Gasteiger partial charge in [0.1, 0.15) is 11.5 Å². The molecule has 2 aromatic heterocycles. The number of nitrogens with zero attached hydrogens (tertiary/aromatic N) is 2. The number of aromatic nitrogens is 2. The smallest absolute Gasteiger partial charge is 0.160 e. The van der Waals surface area contributed by atoms with E-state index < -0.39 is 5.41 Å². The van der Waals surface area contributed by atoms with Crippen LogP contribution in [-0.4, -0.2) is 9.97 Å². The van der Waals surface area contributed by atoms with Crippen molar-refractivity contribution < 1.29 is 4.74 Å². The van der Waals surface area contributed by atoms with Crippen molar-refractivity contribution in [3.8, 4) is 34.1 Å². The third kappa shape index (κ3) is 4.28. The second-order valence-electron chi connectivity index (χ2n) is 12.5. The van der Waals surface area contributed by atoms with E-state index in [0.29, 0.717) is 5.82 Å². The molecular weight excluding hydrogens is 617 g/mol. The van der Waals surface area contributed by atoms with Crippen LogP contribution < -0.4 is 4.74 Å². The molecule has 49 heavy (non-hydrogen) atoms. The molecular formula is C45H28N2OS. The van der Waals surface area contributed by atoms with Crippen LogP contribution in [-0.2, 0) is 5.41 Å². The van der Waals surface area contributed by atoms with Crippen LogP contribution in [0.1, 0.15) is 22.3 Å². The van der Waals surface area contributed by atoms with E-state index in [1.165, 1.54) is 26.6 Å². The van der Waals surface area contributed by atoms with Gasteiger partial charge < -0.3 is 4.74 Å².